The van der Waals surface area contributed by atoms with Gasteiger partial charge in [-0.15, -0.1) is 0 Å². The van der Waals surface area contributed by atoms with Crippen LogP contribution in [0.1, 0.15) is 5.56 Å². The predicted molar refractivity (Wildman–Crippen MR) is 73.8 cm³/mol. The molecule has 0 aliphatic rings. The highest BCUT2D eigenvalue weighted by Crippen LogP contribution is 2.27. The van der Waals surface area contributed by atoms with Crippen molar-refractivity contribution in [3.63, 3.8) is 0 Å². The fraction of sp³-hybridized carbons (Fsp3) is 0.364. The third-order valence-electron chi connectivity index (χ3n) is 2.24. The summed E-state index contributed by atoms with van der Waals surface area (Å²) in [5.41, 5.74) is -0.171. The molecule has 21 heavy (non-hydrogen) atoms. The van der Waals surface area contributed by atoms with Crippen LogP contribution in [-0.4, -0.2) is 38.9 Å². The van der Waals surface area contributed by atoms with Crippen molar-refractivity contribution in [2.45, 2.75) is 0 Å². The van der Waals surface area contributed by atoms with Crippen LogP contribution in [0.15, 0.2) is 18.2 Å². The summed E-state index contributed by atoms with van der Waals surface area (Å²) in [4.78, 5) is 10.2. The van der Waals surface area contributed by atoms with Gasteiger partial charge in [-0.25, -0.2) is 8.42 Å². The maximum Gasteiger partial charge on any atom is 0.312 e. The van der Waals surface area contributed by atoms with Crippen LogP contribution in [0.5, 0.6) is 5.75 Å². The summed E-state index contributed by atoms with van der Waals surface area (Å²) in [6, 6.07) is 5.61. The van der Waals surface area contributed by atoms with Gasteiger partial charge in [0.1, 0.15) is 6.61 Å². The molecule has 0 radical (unpaired) electrons. The first kappa shape index (κ1) is 17.2. The molecule has 0 spiro atoms. The lowest BCUT2D eigenvalue weighted by Gasteiger charge is -2.07. The number of hydrogen-bond acceptors (Lipinski definition) is 7. The number of nitrogens with zero attached hydrogens (tertiary/aromatic N) is 2. The second-order valence-corrected chi connectivity index (χ2v) is 6.65. The van der Waals surface area contributed by atoms with Crippen LogP contribution in [-0.2, 0) is 13.8 Å². The molecule has 10 heteroatoms. The Bertz CT molecular complexity index is 655. The zero-order valence-electron chi connectivity index (χ0n) is 10.7. The molecule has 0 amide bonds. The first-order chi connectivity index (χ1) is 9.83. The van der Waals surface area contributed by atoms with Gasteiger partial charge in [-0.05, 0) is 12.1 Å². The number of hydrogen-bond donors (Lipinski definition) is 0. The van der Waals surface area contributed by atoms with E-state index in [2.05, 4.69) is 0 Å². The fourth-order valence-electron chi connectivity index (χ4n) is 1.32. The van der Waals surface area contributed by atoms with Crippen molar-refractivity contribution in [1.29, 1.82) is 5.26 Å². The maximum atomic E-state index is 10.8. The minimum absolute atomic E-state index is 0.00489. The average Bonchev–Trinajstić information content (AvgIpc) is 2.41. The van der Waals surface area contributed by atoms with Crippen LogP contribution in [0.4, 0.5) is 5.69 Å². The number of nitro benzene ring substituents is 1. The van der Waals surface area contributed by atoms with Crippen LogP contribution in [0, 0.1) is 21.4 Å². The molecule has 1 aromatic carbocycles. The van der Waals surface area contributed by atoms with Gasteiger partial charge >= 0.3 is 5.69 Å². The second kappa shape index (κ2) is 7.78. The molecule has 0 saturated carbocycles. The SMILES string of the molecule is N#Cc1ccc(OCCOCCS(=O)(=O)Cl)c([N+](=O)[O-])c1. The molecule has 0 aliphatic heterocycles. The first-order valence-corrected chi connectivity index (χ1v) is 8.13. The van der Waals surface area contributed by atoms with Gasteiger partial charge in [0, 0.05) is 16.7 Å². The zero-order valence-corrected chi connectivity index (χ0v) is 12.3. The van der Waals surface area contributed by atoms with Crippen molar-refractivity contribution in [3.05, 3.63) is 33.9 Å². The second-order valence-electron chi connectivity index (χ2n) is 3.76. The Balaban J connectivity index is 2.49. The number of nitriles is 1. The lowest BCUT2D eigenvalue weighted by Crippen LogP contribution is -2.12. The number of nitro groups is 1. The molecule has 114 valence electrons. The van der Waals surface area contributed by atoms with Crippen molar-refractivity contribution in [1.82, 2.24) is 0 Å². The molecular weight excluding hydrogens is 324 g/mol. The normalized spacial score (nSPS) is 10.9. The van der Waals surface area contributed by atoms with Gasteiger partial charge in [0.15, 0.2) is 5.75 Å². The predicted octanol–water partition coefficient (Wildman–Crippen LogP) is 1.43. The first-order valence-electron chi connectivity index (χ1n) is 5.65. The number of benzene rings is 1. The Morgan fingerprint density at radius 2 is 2.05 bits per heavy atom. The molecule has 1 rings (SSSR count). The van der Waals surface area contributed by atoms with Crippen molar-refractivity contribution < 1.29 is 22.8 Å². The molecular formula is C11H11ClN2O6S. The number of rotatable bonds is 8. The van der Waals surface area contributed by atoms with Crippen LogP contribution in [0.3, 0.4) is 0 Å². The van der Waals surface area contributed by atoms with E-state index < -0.39 is 14.0 Å². The summed E-state index contributed by atoms with van der Waals surface area (Å²) < 4.78 is 31.4. The summed E-state index contributed by atoms with van der Waals surface area (Å²) in [6.07, 6.45) is 0. The standard InChI is InChI=1S/C11H11ClN2O6S/c12-21(17,18)6-5-19-3-4-20-11-2-1-9(8-13)7-10(11)14(15)16/h1-2,7H,3-6H2. The largest absolute Gasteiger partial charge is 0.484 e. The minimum atomic E-state index is -3.60. The quantitative estimate of drug-likeness (QED) is 0.305. The van der Waals surface area contributed by atoms with Gasteiger partial charge in [0.2, 0.25) is 9.05 Å². The van der Waals surface area contributed by atoms with Gasteiger partial charge < -0.3 is 9.47 Å². The summed E-state index contributed by atoms with van der Waals surface area (Å²) in [5.74, 6) is -0.321. The van der Waals surface area contributed by atoms with E-state index in [4.69, 9.17) is 25.4 Å². The lowest BCUT2D eigenvalue weighted by molar-refractivity contribution is -0.385. The third-order valence-corrected chi connectivity index (χ3v) is 3.36. The van der Waals surface area contributed by atoms with Crippen LogP contribution in [0.25, 0.3) is 0 Å². The van der Waals surface area contributed by atoms with E-state index in [-0.39, 0.29) is 42.6 Å². The molecule has 0 N–H and O–H groups in total. The molecule has 0 unspecified atom stereocenters. The molecule has 0 saturated heterocycles. The molecule has 0 fully saturated rings. The number of ether oxygens (including phenoxy) is 2. The molecule has 0 bridgehead atoms. The molecule has 8 nitrogen and oxygen atoms in total. The van der Waals surface area contributed by atoms with Crippen LogP contribution in [0.2, 0.25) is 0 Å². The topological polar surface area (TPSA) is 120 Å². The van der Waals surface area contributed by atoms with Crippen molar-refractivity contribution in [2.75, 3.05) is 25.6 Å². The smallest absolute Gasteiger partial charge is 0.312 e. The summed E-state index contributed by atoms with van der Waals surface area (Å²) in [6.45, 7) is -0.0523. The lowest BCUT2D eigenvalue weighted by atomic mass is 10.2. The highest BCUT2D eigenvalue weighted by molar-refractivity contribution is 8.13. The van der Waals surface area contributed by atoms with Gasteiger partial charge in [-0.3, -0.25) is 10.1 Å². The van der Waals surface area contributed by atoms with E-state index in [1.54, 1.807) is 6.07 Å². The van der Waals surface area contributed by atoms with Crippen LogP contribution < -0.4 is 4.74 Å². The maximum absolute atomic E-state index is 10.8. The minimum Gasteiger partial charge on any atom is -0.484 e. The summed E-state index contributed by atoms with van der Waals surface area (Å²) in [7, 11) is 1.38. The Labute approximate surface area is 125 Å². The molecule has 0 aliphatic carbocycles. The Morgan fingerprint density at radius 3 is 2.62 bits per heavy atom. The Morgan fingerprint density at radius 1 is 1.33 bits per heavy atom. The number of halogens is 1. The van der Waals surface area contributed by atoms with E-state index in [0.717, 1.165) is 6.07 Å². The van der Waals surface area contributed by atoms with Crippen molar-refractivity contribution >= 4 is 25.4 Å². The summed E-state index contributed by atoms with van der Waals surface area (Å²) >= 11 is 0. The highest BCUT2D eigenvalue weighted by Gasteiger charge is 2.16. The Hall–Kier alpha value is -1.89. The summed E-state index contributed by atoms with van der Waals surface area (Å²) in [5, 5.41) is 19.5. The van der Waals surface area contributed by atoms with Gasteiger partial charge in [-0.2, -0.15) is 5.26 Å². The Kier molecular flexibility index (Phi) is 6.36. The molecule has 1 aromatic rings. The van der Waals surface area contributed by atoms with E-state index in [1.807, 2.05) is 0 Å². The molecule has 0 aromatic heterocycles. The van der Waals surface area contributed by atoms with E-state index in [9.17, 15) is 18.5 Å². The van der Waals surface area contributed by atoms with Crippen LogP contribution >= 0.6 is 10.7 Å². The van der Waals surface area contributed by atoms with E-state index in [0.29, 0.717) is 0 Å². The highest BCUT2D eigenvalue weighted by atomic mass is 35.7. The van der Waals surface area contributed by atoms with Crippen molar-refractivity contribution in [3.8, 4) is 11.8 Å². The van der Waals surface area contributed by atoms with E-state index >= 15 is 0 Å². The molecule has 0 atom stereocenters. The van der Waals surface area contributed by atoms with Crippen molar-refractivity contribution in [2.24, 2.45) is 0 Å². The van der Waals surface area contributed by atoms with E-state index in [1.165, 1.54) is 12.1 Å². The monoisotopic (exact) mass is 334 g/mol. The van der Waals surface area contributed by atoms with Gasteiger partial charge in [0.25, 0.3) is 0 Å². The third kappa shape index (κ3) is 6.40. The average molecular weight is 335 g/mol. The van der Waals surface area contributed by atoms with Gasteiger partial charge in [-0.1, -0.05) is 0 Å². The zero-order chi connectivity index (χ0) is 15.9. The van der Waals surface area contributed by atoms with Gasteiger partial charge in [0.05, 0.1) is 35.5 Å². The fourth-order valence-corrected chi connectivity index (χ4v) is 1.83. The molecule has 0 heterocycles.